The SMILES string of the molecule is CN(Cc1ccc(OC(F)F)cc1)S(=O)(=O)c1ccc(F)c(F)c1F. The molecule has 0 bridgehead atoms. The summed E-state index contributed by atoms with van der Waals surface area (Å²) in [6, 6.07) is 6.23. The van der Waals surface area contributed by atoms with E-state index in [4.69, 9.17) is 0 Å². The zero-order valence-corrected chi connectivity index (χ0v) is 13.5. The average Bonchev–Trinajstić information content (AvgIpc) is 2.53. The first-order valence-corrected chi connectivity index (χ1v) is 8.20. The van der Waals surface area contributed by atoms with Gasteiger partial charge in [0.05, 0.1) is 0 Å². The Bertz CT molecular complexity index is 856. The second-order valence-electron chi connectivity index (χ2n) is 4.96. The molecule has 0 radical (unpaired) electrons. The van der Waals surface area contributed by atoms with Crippen molar-refractivity contribution in [2.75, 3.05) is 7.05 Å². The van der Waals surface area contributed by atoms with Crippen LogP contribution in [0.15, 0.2) is 41.3 Å². The number of ether oxygens (including phenoxy) is 1. The van der Waals surface area contributed by atoms with Crippen molar-refractivity contribution in [1.29, 1.82) is 0 Å². The van der Waals surface area contributed by atoms with E-state index in [1.165, 1.54) is 24.3 Å². The van der Waals surface area contributed by atoms with E-state index in [0.717, 1.165) is 7.05 Å². The van der Waals surface area contributed by atoms with Crippen LogP contribution in [0.5, 0.6) is 5.75 Å². The van der Waals surface area contributed by atoms with Gasteiger partial charge in [0.1, 0.15) is 10.6 Å². The van der Waals surface area contributed by atoms with Gasteiger partial charge in [-0.25, -0.2) is 21.6 Å². The van der Waals surface area contributed by atoms with Crippen LogP contribution in [0.25, 0.3) is 0 Å². The Kier molecular flexibility index (Phi) is 5.63. The van der Waals surface area contributed by atoms with Crippen molar-refractivity contribution in [1.82, 2.24) is 4.31 Å². The predicted octanol–water partition coefficient (Wildman–Crippen LogP) is 3.53. The van der Waals surface area contributed by atoms with E-state index in [9.17, 15) is 30.4 Å². The first-order chi connectivity index (χ1) is 11.6. The molecule has 0 aliphatic heterocycles. The van der Waals surface area contributed by atoms with Gasteiger partial charge in [-0.15, -0.1) is 0 Å². The highest BCUT2D eigenvalue weighted by atomic mass is 32.2. The summed E-state index contributed by atoms with van der Waals surface area (Å²) in [6.45, 7) is -3.25. The summed E-state index contributed by atoms with van der Waals surface area (Å²) in [5.74, 6) is -5.32. The molecule has 0 unspecified atom stereocenters. The first kappa shape index (κ1) is 19.1. The number of hydrogen-bond acceptors (Lipinski definition) is 3. The number of sulfonamides is 1. The zero-order valence-electron chi connectivity index (χ0n) is 12.7. The molecule has 2 aromatic rings. The van der Waals surface area contributed by atoms with E-state index in [1.54, 1.807) is 0 Å². The quantitative estimate of drug-likeness (QED) is 0.568. The van der Waals surface area contributed by atoms with Crippen molar-refractivity contribution in [3.63, 3.8) is 0 Å². The van der Waals surface area contributed by atoms with Crippen LogP contribution >= 0.6 is 0 Å². The summed E-state index contributed by atoms with van der Waals surface area (Å²) in [4.78, 5) is -1.01. The molecule has 2 aromatic carbocycles. The van der Waals surface area contributed by atoms with Crippen LogP contribution in [0.2, 0.25) is 0 Å². The Morgan fingerprint density at radius 3 is 2.16 bits per heavy atom. The molecule has 0 N–H and O–H groups in total. The molecule has 10 heteroatoms. The van der Waals surface area contributed by atoms with Crippen LogP contribution < -0.4 is 4.74 Å². The smallest absolute Gasteiger partial charge is 0.387 e. The maximum atomic E-state index is 13.7. The molecule has 0 heterocycles. The fourth-order valence-electron chi connectivity index (χ4n) is 1.99. The predicted molar refractivity (Wildman–Crippen MR) is 78.0 cm³/mol. The van der Waals surface area contributed by atoms with E-state index in [0.29, 0.717) is 22.0 Å². The third-order valence-corrected chi connectivity index (χ3v) is 5.06. The molecule has 0 fully saturated rings. The highest BCUT2D eigenvalue weighted by Gasteiger charge is 2.28. The topological polar surface area (TPSA) is 46.6 Å². The van der Waals surface area contributed by atoms with Gasteiger partial charge < -0.3 is 4.74 Å². The maximum absolute atomic E-state index is 13.7. The molecule has 0 aliphatic carbocycles. The van der Waals surface area contributed by atoms with Crippen molar-refractivity contribution >= 4 is 10.0 Å². The standard InChI is InChI=1S/C15H12F5NO3S/c1-21(8-9-2-4-10(5-3-9)24-15(19)20)25(22,23)12-7-6-11(16)13(17)14(12)18/h2-7,15H,8H2,1H3. The molecule has 0 amide bonds. The lowest BCUT2D eigenvalue weighted by atomic mass is 10.2. The minimum absolute atomic E-state index is 0.115. The van der Waals surface area contributed by atoms with Crippen LogP contribution in [0.1, 0.15) is 5.56 Å². The minimum atomic E-state index is -4.44. The summed E-state index contributed by atoms with van der Waals surface area (Å²) in [5, 5.41) is 0. The van der Waals surface area contributed by atoms with Gasteiger partial charge >= 0.3 is 6.61 Å². The van der Waals surface area contributed by atoms with Crippen LogP contribution in [-0.2, 0) is 16.6 Å². The van der Waals surface area contributed by atoms with Gasteiger partial charge in [-0.2, -0.15) is 13.1 Å². The summed E-state index contributed by atoms with van der Waals surface area (Å²) in [5.41, 5.74) is 0.385. The average molecular weight is 381 g/mol. The van der Waals surface area contributed by atoms with Gasteiger partial charge in [0, 0.05) is 13.6 Å². The lowest BCUT2D eigenvalue weighted by Gasteiger charge is -2.18. The molecule has 0 atom stereocenters. The zero-order chi connectivity index (χ0) is 18.8. The van der Waals surface area contributed by atoms with Gasteiger partial charge in [0.25, 0.3) is 0 Å². The molecule has 0 spiro atoms. The molecule has 4 nitrogen and oxygen atoms in total. The summed E-state index contributed by atoms with van der Waals surface area (Å²) >= 11 is 0. The van der Waals surface area contributed by atoms with Crippen molar-refractivity contribution in [3.05, 3.63) is 59.4 Å². The van der Waals surface area contributed by atoms with Crippen LogP contribution in [0.4, 0.5) is 22.0 Å². The number of rotatable bonds is 6. The number of benzene rings is 2. The van der Waals surface area contributed by atoms with E-state index in [-0.39, 0.29) is 12.3 Å². The van der Waals surface area contributed by atoms with E-state index in [2.05, 4.69) is 4.74 Å². The van der Waals surface area contributed by atoms with Gasteiger partial charge in [-0.1, -0.05) is 12.1 Å². The van der Waals surface area contributed by atoms with Crippen molar-refractivity contribution in [2.24, 2.45) is 0 Å². The molecule has 0 saturated carbocycles. The Morgan fingerprint density at radius 1 is 1.00 bits per heavy atom. The van der Waals surface area contributed by atoms with E-state index >= 15 is 0 Å². The van der Waals surface area contributed by atoms with E-state index in [1.807, 2.05) is 0 Å². The lowest BCUT2D eigenvalue weighted by molar-refractivity contribution is -0.0498. The Hall–Kier alpha value is -2.20. The highest BCUT2D eigenvalue weighted by Crippen LogP contribution is 2.24. The molecule has 25 heavy (non-hydrogen) atoms. The normalized spacial score (nSPS) is 12.0. The monoisotopic (exact) mass is 381 g/mol. The largest absolute Gasteiger partial charge is 0.435 e. The summed E-state index contributed by atoms with van der Waals surface area (Å²) < 4.78 is 93.5. The number of alkyl halides is 2. The van der Waals surface area contributed by atoms with Gasteiger partial charge in [-0.3, -0.25) is 0 Å². The summed E-state index contributed by atoms with van der Waals surface area (Å²) in [6.07, 6.45) is 0. The summed E-state index contributed by atoms with van der Waals surface area (Å²) in [7, 11) is -3.33. The fraction of sp³-hybridized carbons (Fsp3) is 0.200. The van der Waals surface area contributed by atoms with Crippen molar-refractivity contribution in [2.45, 2.75) is 18.1 Å². The third kappa shape index (κ3) is 4.26. The van der Waals surface area contributed by atoms with Crippen LogP contribution in [0.3, 0.4) is 0 Å². The van der Waals surface area contributed by atoms with E-state index < -0.39 is 39.0 Å². The Morgan fingerprint density at radius 2 is 1.60 bits per heavy atom. The third-order valence-electron chi connectivity index (χ3n) is 3.24. The van der Waals surface area contributed by atoms with Gasteiger partial charge in [-0.05, 0) is 29.8 Å². The second kappa shape index (κ2) is 7.36. The Labute approximate surface area is 140 Å². The van der Waals surface area contributed by atoms with Gasteiger partial charge in [0.2, 0.25) is 10.0 Å². The maximum Gasteiger partial charge on any atom is 0.387 e. The second-order valence-corrected chi connectivity index (χ2v) is 6.97. The minimum Gasteiger partial charge on any atom is -0.435 e. The van der Waals surface area contributed by atoms with Crippen molar-refractivity contribution in [3.8, 4) is 5.75 Å². The Balaban J connectivity index is 2.22. The highest BCUT2D eigenvalue weighted by molar-refractivity contribution is 7.89. The molecular formula is C15H12F5NO3S. The number of nitrogens with zero attached hydrogens (tertiary/aromatic N) is 1. The molecule has 2 rings (SSSR count). The lowest BCUT2D eigenvalue weighted by Crippen LogP contribution is -2.27. The van der Waals surface area contributed by atoms with Crippen LogP contribution in [-0.4, -0.2) is 26.4 Å². The molecule has 0 saturated heterocycles. The number of halogens is 5. The molecule has 0 aliphatic rings. The van der Waals surface area contributed by atoms with Crippen LogP contribution in [0, 0.1) is 17.5 Å². The molecule has 0 aromatic heterocycles. The van der Waals surface area contributed by atoms with Crippen molar-refractivity contribution < 1.29 is 35.1 Å². The number of hydrogen-bond donors (Lipinski definition) is 0. The van der Waals surface area contributed by atoms with Gasteiger partial charge in [0.15, 0.2) is 17.5 Å². The molecule has 136 valence electrons. The fourth-order valence-corrected chi connectivity index (χ4v) is 3.20. The molecular weight excluding hydrogens is 369 g/mol. The first-order valence-electron chi connectivity index (χ1n) is 6.76.